The number of carbonyl (C=O) groups excluding carboxylic acids is 1. The summed E-state index contributed by atoms with van der Waals surface area (Å²) in [5.74, 6) is -0.892. The summed E-state index contributed by atoms with van der Waals surface area (Å²) >= 11 is 0. The molecule has 0 atom stereocenters. The van der Waals surface area contributed by atoms with Crippen molar-refractivity contribution < 1.29 is 14.3 Å². The van der Waals surface area contributed by atoms with Crippen molar-refractivity contribution in [2.75, 3.05) is 6.61 Å². The van der Waals surface area contributed by atoms with Gasteiger partial charge in [-0.3, -0.25) is 0 Å². The molecule has 0 aromatic heterocycles. The molecular formula is C6H7N3O2. The van der Waals surface area contributed by atoms with Gasteiger partial charge in [0.25, 0.3) is 0 Å². The molecule has 0 rings (SSSR count). The van der Waals surface area contributed by atoms with Gasteiger partial charge in [-0.05, 0) is 6.42 Å². The quantitative estimate of drug-likeness (QED) is 0.250. The number of nitrogens with zero attached hydrogens (tertiary/aromatic N) is 3. The van der Waals surface area contributed by atoms with E-state index in [1.807, 2.05) is 6.92 Å². The maximum atomic E-state index is 10.6. The van der Waals surface area contributed by atoms with E-state index < -0.39 is 11.7 Å². The summed E-state index contributed by atoms with van der Waals surface area (Å²) in [5, 5.41) is 8.15. The van der Waals surface area contributed by atoms with Crippen LogP contribution in [0.2, 0.25) is 0 Å². The Kier molecular flexibility index (Phi) is 4.37. The van der Waals surface area contributed by atoms with Gasteiger partial charge in [0.1, 0.15) is 0 Å². The van der Waals surface area contributed by atoms with E-state index in [2.05, 4.69) is 9.53 Å². The lowest BCUT2D eigenvalue weighted by atomic mass is 10.4. The van der Waals surface area contributed by atoms with Crippen LogP contribution in [0.3, 0.4) is 0 Å². The van der Waals surface area contributed by atoms with Gasteiger partial charge < -0.3 is 10.3 Å². The zero-order valence-electron chi connectivity index (χ0n) is 6.07. The minimum absolute atomic E-state index is 0.222. The zero-order chi connectivity index (χ0) is 8.69. The van der Waals surface area contributed by atoms with Crippen LogP contribution >= 0.6 is 0 Å². The maximum absolute atomic E-state index is 10.6. The largest absolute Gasteiger partial charge is 0.475 e. The van der Waals surface area contributed by atoms with E-state index in [9.17, 15) is 4.79 Å². The van der Waals surface area contributed by atoms with E-state index in [-0.39, 0.29) is 6.61 Å². The summed E-state index contributed by atoms with van der Waals surface area (Å²) in [5.41, 5.74) is 7.43. The van der Waals surface area contributed by atoms with Crippen LogP contribution in [0, 0.1) is 11.3 Å². The van der Waals surface area contributed by atoms with Crippen molar-refractivity contribution in [3.8, 4) is 6.07 Å². The van der Waals surface area contributed by atoms with E-state index in [1.165, 1.54) is 6.07 Å². The third kappa shape index (κ3) is 3.14. The zero-order valence-corrected chi connectivity index (χ0v) is 6.07. The lowest BCUT2D eigenvalue weighted by Crippen LogP contribution is -2.16. The summed E-state index contributed by atoms with van der Waals surface area (Å²) in [6, 6.07) is 1.39. The molecule has 0 amide bonds. The van der Waals surface area contributed by atoms with Crippen molar-refractivity contribution >= 4 is 11.7 Å². The van der Waals surface area contributed by atoms with Crippen LogP contribution in [0.25, 0.3) is 5.53 Å². The molecule has 0 N–H and O–H groups in total. The number of hydrogen-bond donors (Lipinski definition) is 0. The highest BCUT2D eigenvalue weighted by Gasteiger charge is 2.20. The number of rotatable bonds is 3. The molecule has 0 saturated heterocycles. The Hall–Kier alpha value is -1.66. The first kappa shape index (κ1) is 9.34. The summed E-state index contributed by atoms with van der Waals surface area (Å²) in [7, 11) is 0. The molecule has 0 aliphatic rings. The molecule has 0 saturated carbocycles. The first-order chi connectivity index (χ1) is 5.26. The lowest BCUT2D eigenvalue weighted by Gasteiger charge is -1.93. The Balaban J connectivity index is 4.05. The van der Waals surface area contributed by atoms with Gasteiger partial charge in [-0.15, -0.1) is 4.79 Å². The van der Waals surface area contributed by atoms with Gasteiger partial charge in [-0.25, -0.2) is 4.79 Å². The highest BCUT2D eigenvalue weighted by molar-refractivity contribution is 6.40. The average molecular weight is 153 g/mol. The first-order valence-electron chi connectivity index (χ1n) is 3.05. The fourth-order valence-corrected chi connectivity index (χ4v) is 0.372. The molecule has 5 heteroatoms. The molecule has 5 nitrogen and oxygen atoms in total. The molecule has 11 heavy (non-hydrogen) atoms. The summed E-state index contributed by atoms with van der Waals surface area (Å²) in [6.07, 6.45) is 0.663. The van der Waals surface area contributed by atoms with Crippen molar-refractivity contribution in [2.24, 2.45) is 0 Å². The topological polar surface area (TPSA) is 86.5 Å². The molecule has 0 unspecified atom stereocenters. The molecule has 0 spiro atoms. The van der Waals surface area contributed by atoms with Gasteiger partial charge >= 0.3 is 11.7 Å². The fourth-order valence-electron chi connectivity index (χ4n) is 0.372. The number of hydrogen-bond acceptors (Lipinski definition) is 3. The summed E-state index contributed by atoms with van der Waals surface area (Å²) in [6.45, 7) is 2.04. The molecule has 0 aliphatic carbocycles. The standard InChI is InChI=1S/C6H7N3O2/c1-2-3-11-6(10)5(4-7)9-8/h2-3H2,1H3. The van der Waals surface area contributed by atoms with Gasteiger partial charge in [0, 0.05) is 0 Å². The van der Waals surface area contributed by atoms with Crippen LogP contribution in [0.4, 0.5) is 0 Å². The fraction of sp³-hybridized carbons (Fsp3) is 0.500. The molecule has 0 fully saturated rings. The van der Waals surface area contributed by atoms with Crippen molar-refractivity contribution in [3.63, 3.8) is 0 Å². The van der Waals surface area contributed by atoms with Gasteiger partial charge in [-0.2, -0.15) is 5.26 Å². The minimum Gasteiger partial charge on any atom is -0.456 e. The Labute approximate surface area is 63.8 Å². The van der Waals surface area contributed by atoms with Crippen molar-refractivity contribution in [3.05, 3.63) is 5.53 Å². The van der Waals surface area contributed by atoms with Gasteiger partial charge in [0.05, 0.1) is 6.61 Å². The van der Waals surface area contributed by atoms with E-state index in [4.69, 9.17) is 10.8 Å². The van der Waals surface area contributed by atoms with E-state index >= 15 is 0 Å². The van der Waals surface area contributed by atoms with Crippen molar-refractivity contribution in [1.29, 1.82) is 5.26 Å². The summed E-state index contributed by atoms with van der Waals surface area (Å²) in [4.78, 5) is 13.1. The number of ether oxygens (including phenoxy) is 1. The molecule has 0 heterocycles. The highest BCUT2D eigenvalue weighted by atomic mass is 16.5. The van der Waals surface area contributed by atoms with Crippen molar-refractivity contribution in [1.82, 2.24) is 0 Å². The number of esters is 1. The van der Waals surface area contributed by atoms with Gasteiger partial charge in [-0.1, -0.05) is 6.92 Å². The highest BCUT2D eigenvalue weighted by Crippen LogP contribution is 1.83. The van der Waals surface area contributed by atoms with Crippen LogP contribution in [0.15, 0.2) is 0 Å². The Morgan fingerprint density at radius 1 is 1.82 bits per heavy atom. The monoisotopic (exact) mass is 153 g/mol. The predicted octanol–water partition coefficient (Wildman–Crippen LogP) is 0.134. The molecular weight excluding hydrogens is 146 g/mol. The van der Waals surface area contributed by atoms with Crippen LogP contribution in [-0.2, 0) is 9.53 Å². The third-order valence-electron chi connectivity index (χ3n) is 0.837. The number of carbonyl (C=O) groups is 1. The second-order valence-corrected chi connectivity index (χ2v) is 1.70. The predicted molar refractivity (Wildman–Crippen MR) is 35.5 cm³/mol. The molecule has 0 aromatic rings. The Morgan fingerprint density at radius 3 is 2.82 bits per heavy atom. The second-order valence-electron chi connectivity index (χ2n) is 1.70. The normalized spacial score (nSPS) is 7.64. The van der Waals surface area contributed by atoms with E-state index in [1.54, 1.807) is 0 Å². The lowest BCUT2D eigenvalue weighted by molar-refractivity contribution is -0.139. The van der Waals surface area contributed by atoms with Gasteiger partial charge in [0.15, 0.2) is 6.07 Å². The SMILES string of the molecule is CCCOC(=O)C(C#N)=[N+]=[N-]. The Morgan fingerprint density at radius 2 is 2.45 bits per heavy atom. The second kappa shape index (κ2) is 5.15. The molecule has 0 radical (unpaired) electrons. The average Bonchev–Trinajstić information content (AvgIpc) is 2.03. The van der Waals surface area contributed by atoms with E-state index in [0.717, 1.165) is 0 Å². The van der Waals surface area contributed by atoms with Crippen LogP contribution < -0.4 is 0 Å². The molecule has 0 bridgehead atoms. The third-order valence-corrected chi connectivity index (χ3v) is 0.837. The van der Waals surface area contributed by atoms with E-state index in [0.29, 0.717) is 6.42 Å². The molecule has 58 valence electrons. The Bertz CT molecular complexity index is 235. The summed E-state index contributed by atoms with van der Waals surface area (Å²) < 4.78 is 4.48. The van der Waals surface area contributed by atoms with Crippen LogP contribution in [0.5, 0.6) is 0 Å². The maximum Gasteiger partial charge on any atom is 0.475 e. The van der Waals surface area contributed by atoms with Crippen LogP contribution in [-0.4, -0.2) is 23.1 Å². The first-order valence-corrected chi connectivity index (χ1v) is 3.05. The molecule has 0 aliphatic heterocycles. The van der Waals surface area contributed by atoms with Gasteiger partial charge in [0.2, 0.25) is 0 Å². The van der Waals surface area contributed by atoms with Crippen molar-refractivity contribution in [2.45, 2.75) is 13.3 Å². The smallest absolute Gasteiger partial charge is 0.456 e. The molecule has 0 aromatic carbocycles. The van der Waals surface area contributed by atoms with Crippen LogP contribution in [0.1, 0.15) is 13.3 Å². The minimum atomic E-state index is -0.892. The number of nitriles is 1.